The topological polar surface area (TPSA) is 59.7 Å². The highest BCUT2D eigenvalue weighted by Gasteiger charge is 2.28. The molecule has 0 bridgehead atoms. The Morgan fingerprint density at radius 1 is 1.35 bits per heavy atom. The molecule has 1 fully saturated rings. The second kappa shape index (κ2) is 6.18. The van der Waals surface area contributed by atoms with Gasteiger partial charge in [0.05, 0.1) is 0 Å². The summed E-state index contributed by atoms with van der Waals surface area (Å²) in [5.41, 5.74) is 0.412. The molecule has 1 amide bonds. The molecular formula is C17H24N4O2. The maximum atomic E-state index is 12.2. The monoisotopic (exact) mass is 316 g/mol. The molecule has 6 heteroatoms. The van der Waals surface area contributed by atoms with E-state index in [0.29, 0.717) is 5.92 Å². The molecular weight excluding hydrogens is 292 g/mol. The summed E-state index contributed by atoms with van der Waals surface area (Å²) in [6.07, 6.45) is 4.69. The van der Waals surface area contributed by atoms with Crippen molar-refractivity contribution in [3.05, 3.63) is 30.2 Å². The molecule has 0 aliphatic carbocycles. The van der Waals surface area contributed by atoms with Crippen molar-refractivity contribution >= 4 is 11.7 Å². The second-order valence-corrected chi connectivity index (χ2v) is 7.18. The number of carbonyl (C=O) groups is 1. The number of rotatable bonds is 2. The van der Waals surface area contributed by atoms with Crippen molar-refractivity contribution in [3.8, 4) is 0 Å². The van der Waals surface area contributed by atoms with Gasteiger partial charge in [0.1, 0.15) is 11.4 Å². The van der Waals surface area contributed by atoms with Crippen LogP contribution in [0.3, 0.4) is 0 Å². The average molecular weight is 316 g/mol. The molecule has 2 aromatic rings. The normalized spacial score (nSPS) is 19.1. The number of fused-ring (bicyclic) bond motifs is 1. The SMILES string of the molecule is CC(C)(C)OC(=O)N1CCC[C@@H](Cc2nnc3ccccn23)C1. The summed E-state index contributed by atoms with van der Waals surface area (Å²) in [5.74, 6) is 1.35. The van der Waals surface area contributed by atoms with Crippen molar-refractivity contribution in [1.82, 2.24) is 19.5 Å². The van der Waals surface area contributed by atoms with Gasteiger partial charge in [-0.05, 0) is 51.7 Å². The summed E-state index contributed by atoms with van der Waals surface area (Å²) in [5, 5.41) is 8.49. The number of amides is 1. The van der Waals surface area contributed by atoms with E-state index < -0.39 is 5.60 Å². The molecule has 0 N–H and O–H groups in total. The molecule has 3 rings (SSSR count). The first-order valence-electron chi connectivity index (χ1n) is 8.19. The van der Waals surface area contributed by atoms with E-state index >= 15 is 0 Å². The number of nitrogens with zero attached hydrogens (tertiary/aromatic N) is 4. The van der Waals surface area contributed by atoms with Crippen molar-refractivity contribution in [2.45, 2.75) is 45.6 Å². The van der Waals surface area contributed by atoms with Gasteiger partial charge in [-0.3, -0.25) is 4.40 Å². The molecule has 0 spiro atoms. The van der Waals surface area contributed by atoms with Crippen molar-refractivity contribution in [1.29, 1.82) is 0 Å². The number of aromatic nitrogens is 3. The summed E-state index contributed by atoms with van der Waals surface area (Å²) in [4.78, 5) is 14.1. The van der Waals surface area contributed by atoms with Gasteiger partial charge in [-0.2, -0.15) is 0 Å². The van der Waals surface area contributed by atoms with Gasteiger partial charge in [0.2, 0.25) is 0 Å². The molecule has 124 valence electrons. The number of piperidine rings is 1. The summed E-state index contributed by atoms with van der Waals surface area (Å²) < 4.78 is 7.51. The molecule has 1 saturated heterocycles. The number of carbonyl (C=O) groups excluding carboxylic acids is 1. The van der Waals surface area contributed by atoms with Gasteiger partial charge in [0, 0.05) is 25.7 Å². The first-order valence-corrected chi connectivity index (χ1v) is 8.19. The Balaban J connectivity index is 1.66. The Labute approximate surface area is 136 Å². The van der Waals surface area contributed by atoms with Crippen molar-refractivity contribution in [3.63, 3.8) is 0 Å². The third-order valence-electron chi connectivity index (χ3n) is 4.03. The van der Waals surface area contributed by atoms with Crippen LogP contribution < -0.4 is 0 Å². The van der Waals surface area contributed by atoms with E-state index in [1.165, 1.54) is 0 Å². The molecule has 1 atom stereocenters. The van der Waals surface area contributed by atoms with Gasteiger partial charge in [-0.1, -0.05) is 6.07 Å². The number of ether oxygens (including phenoxy) is 1. The maximum Gasteiger partial charge on any atom is 0.410 e. The zero-order valence-corrected chi connectivity index (χ0v) is 14.0. The van der Waals surface area contributed by atoms with Crippen LogP contribution in [0.25, 0.3) is 5.65 Å². The van der Waals surface area contributed by atoms with Crippen LogP contribution in [0.4, 0.5) is 4.79 Å². The van der Waals surface area contributed by atoms with E-state index in [4.69, 9.17) is 4.74 Å². The van der Waals surface area contributed by atoms with Crippen molar-refractivity contribution in [2.75, 3.05) is 13.1 Å². The molecule has 0 saturated carbocycles. The Morgan fingerprint density at radius 3 is 2.96 bits per heavy atom. The van der Waals surface area contributed by atoms with Crippen LogP contribution >= 0.6 is 0 Å². The summed E-state index contributed by atoms with van der Waals surface area (Å²) in [6.45, 7) is 7.18. The lowest BCUT2D eigenvalue weighted by Gasteiger charge is -2.33. The quantitative estimate of drug-likeness (QED) is 0.855. The van der Waals surface area contributed by atoms with Crippen LogP contribution in [0.15, 0.2) is 24.4 Å². The van der Waals surface area contributed by atoms with E-state index in [9.17, 15) is 4.79 Å². The highest BCUT2D eigenvalue weighted by molar-refractivity contribution is 5.68. The van der Waals surface area contributed by atoms with E-state index in [1.807, 2.05) is 54.5 Å². The number of pyridine rings is 1. The number of hydrogen-bond acceptors (Lipinski definition) is 4. The van der Waals surface area contributed by atoms with Crippen LogP contribution in [-0.4, -0.2) is 44.3 Å². The fourth-order valence-electron chi connectivity index (χ4n) is 3.01. The van der Waals surface area contributed by atoms with Crippen LogP contribution in [0, 0.1) is 5.92 Å². The molecule has 0 radical (unpaired) electrons. The Morgan fingerprint density at radius 2 is 2.17 bits per heavy atom. The first-order chi connectivity index (χ1) is 10.9. The highest BCUT2D eigenvalue weighted by atomic mass is 16.6. The zero-order valence-electron chi connectivity index (χ0n) is 14.0. The Hall–Kier alpha value is -2.11. The minimum absolute atomic E-state index is 0.215. The fourth-order valence-corrected chi connectivity index (χ4v) is 3.01. The lowest BCUT2D eigenvalue weighted by atomic mass is 9.95. The molecule has 2 aromatic heterocycles. The van der Waals surface area contributed by atoms with Gasteiger partial charge in [-0.25, -0.2) is 4.79 Å². The largest absolute Gasteiger partial charge is 0.444 e. The molecule has 3 heterocycles. The lowest BCUT2D eigenvalue weighted by Crippen LogP contribution is -2.43. The van der Waals surface area contributed by atoms with Crippen LogP contribution in [-0.2, 0) is 11.2 Å². The van der Waals surface area contributed by atoms with Gasteiger partial charge < -0.3 is 9.64 Å². The van der Waals surface area contributed by atoms with E-state index in [-0.39, 0.29) is 6.09 Å². The molecule has 0 unspecified atom stereocenters. The van der Waals surface area contributed by atoms with E-state index in [2.05, 4.69) is 10.2 Å². The highest BCUT2D eigenvalue weighted by Crippen LogP contribution is 2.22. The van der Waals surface area contributed by atoms with Gasteiger partial charge >= 0.3 is 6.09 Å². The third kappa shape index (κ3) is 3.81. The van der Waals surface area contributed by atoms with Gasteiger partial charge in [-0.15, -0.1) is 10.2 Å². The summed E-state index contributed by atoms with van der Waals surface area (Å²) in [6, 6.07) is 5.89. The molecule has 6 nitrogen and oxygen atoms in total. The molecule has 0 aromatic carbocycles. The second-order valence-electron chi connectivity index (χ2n) is 7.18. The summed E-state index contributed by atoms with van der Waals surface area (Å²) >= 11 is 0. The smallest absolute Gasteiger partial charge is 0.410 e. The minimum Gasteiger partial charge on any atom is -0.444 e. The first kappa shape index (κ1) is 15.8. The number of likely N-dealkylation sites (tertiary alicyclic amines) is 1. The fraction of sp³-hybridized carbons (Fsp3) is 0.588. The van der Waals surface area contributed by atoms with Crippen LogP contribution in [0.1, 0.15) is 39.4 Å². The third-order valence-corrected chi connectivity index (χ3v) is 4.03. The van der Waals surface area contributed by atoms with Gasteiger partial charge in [0.15, 0.2) is 5.65 Å². The molecule has 1 aliphatic heterocycles. The Kier molecular flexibility index (Phi) is 4.24. The van der Waals surface area contributed by atoms with Crippen molar-refractivity contribution in [2.24, 2.45) is 5.92 Å². The average Bonchev–Trinajstić information content (AvgIpc) is 2.89. The van der Waals surface area contributed by atoms with E-state index in [0.717, 1.165) is 43.8 Å². The standard InChI is InChI=1S/C17H24N4O2/c1-17(2,3)23-16(22)20-9-6-7-13(12-20)11-15-19-18-14-8-4-5-10-21(14)15/h4-5,8,10,13H,6-7,9,11-12H2,1-3H3/t13-/m0/s1. The maximum absolute atomic E-state index is 12.2. The van der Waals surface area contributed by atoms with Gasteiger partial charge in [0.25, 0.3) is 0 Å². The number of hydrogen-bond donors (Lipinski definition) is 0. The Bertz CT molecular complexity index is 689. The minimum atomic E-state index is -0.451. The van der Waals surface area contributed by atoms with E-state index in [1.54, 1.807) is 0 Å². The van der Waals surface area contributed by atoms with Crippen LogP contribution in [0.5, 0.6) is 0 Å². The predicted molar refractivity (Wildman–Crippen MR) is 87.2 cm³/mol. The lowest BCUT2D eigenvalue weighted by molar-refractivity contribution is 0.0165. The molecule has 1 aliphatic rings. The zero-order chi connectivity index (χ0) is 16.4. The van der Waals surface area contributed by atoms with Crippen molar-refractivity contribution < 1.29 is 9.53 Å². The van der Waals surface area contributed by atoms with Crippen LogP contribution in [0.2, 0.25) is 0 Å². The molecule has 23 heavy (non-hydrogen) atoms. The predicted octanol–water partition coefficient (Wildman–Crippen LogP) is 2.92. The summed E-state index contributed by atoms with van der Waals surface area (Å²) in [7, 11) is 0.